The van der Waals surface area contributed by atoms with Crippen LogP contribution in [0.5, 0.6) is 0 Å². The molecule has 7 heteroatoms. The van der Waals surface area contributed by atoms with E-state index in [4.69, 9.17) is 4.74 Å². The van der Waals surface area contributed by atoms with Crippen LogP contribution in [-0.2, 0) is 4.74 Å². The first-order valence-corrected chi connectivity index (χ1v) is 6.05. The first-order chi connectivity index (χ1) is 7.93. The van der Waals surface area contributed by atoms with E-state index < -0.39 is 24.0 Å². The Hall–Kier alpha value is -1.18. The highest BCUT2D eigenvalue weighted by Crippen LogP contribution is 2.34. The van der Waals surface area contributed by atoms with Gasteiger partial charge in [-0.2, -0.15) is 0 Å². The van der Waals surface area contributed by atoms with Crippen LogP contribution in [0.4, 0.5) is 4.79 Å². The molecule has 2 N–H and O–H groups in total. The van der Waals surface area contributed by atoms with Gasteiger partial charge in [0.25, 0.3) is 0 Å². The molecular weight excluding hydrogens is 244 g/mol. The molecule has 0 spiro atoms. The standard InChI is InChI=1S/C10H14N2O4S/c1-10(2)12(9(14)15)6(5-16-10)7(13)8-11-3-4-17-8/h3-4,6-7,13H,5H2,1-2H3,(H,14,15). The lowest BCUT2D eigenvalue weighted by Gasteiger charge is -2.32. The molecule has 6 nitrogen and oxygen atoms in total. The Morgan fingerprint density at radius 3 is 3.00 bits per heavy atom. The maximum atomic E-state index is 11.2. The van der Waals surface area contributed by atoms with E-state index in [9.17, 15) is 15.0 Å². The van der Waals surface area contributed by atoms with Crippen LogP contribution in [0.25, 0.3) is 0 Å². The fraction of sp³-hybridized carbons (Fsp3) is 0.600. The van der Waals surface area contributed by atoms with Crippen LogP contribution in [0.15, 0.2) is 11.6 Å². The van der Waals surface area contributed by atoms with Crippen LogP contribution >= 0.6 is 11.3 Å². The molecular formula is C10H14N2O4S. The number of carbonyl (C=O) groups is 1. The summed E-state index contributed by atoms with van der Waals surface area (Å²) >= 11 is 1.30. The first kappa shape index (κ1) is 12.3. The highest BCUT2D eigenvalue weighted by atomic mass is 32.1. The molecule has 2 atom stereocenters. The zero-order chi connectivity index (χ0) is 12.6. The van der Waals surface area contributed by atoms with E-state index in [1.165, 1.54) is 11.3 Å². The monoisotopic (exact) mass is 258 g/mol. The predicted molar refractivity (Wildman–Crippen MR) is 60.8 cm³/mol. The number of rotatable bonds is 2. The number of hydrogen-bond acceptors (Lipinski definition) is 5. The van der Waals surface area contributed by atoms with Gasteiger partial charge in [0.05, 0.1) is 12.6 Å². The van der Waals surface area contributed by atoms with E-state index >= 15 is 0 Å². The molecule has 1 amide bonds. The third kappa shape index (κ3) is 2.13. The predicted octanol–water partition coefficient (Wildman–Crippen LogP) is 1.29. The Morgan fingerprint density at radius 1 is 1.76 bits per heavy atom. The van der Waals surface area contributed by atoms with Crippen molar-refractivity contribution in [2.45, 2.75) is 31.7 Å². The van der Waals surface area contributed by atoms with Gasteiger partial charge >= 0.3 is 6.09 Å². The summed E-state index contributed by atoms with van der Waals surface area (Å²) in [5, 5.41) is 21.6. The van der Waals surface area contributed by atoms with Crippen molar-refractivity contribution in [1.29, 1.82) is 0 Å². The molecule has 2 unspecified atom stereocenters. The summed E-state index contributed by atoms with van der Waals surface area (Å²) in [7, 11) is 0. The Bertz CT molecular complexity index is 406. The minimum atomic E-state index is -1.10. The molecule has 1 aliphatic rings. The summed E-state index contributed by atoms with van der Waals surface area (Å²) in [6.45, 7) is 3.49. The molecule has 0 aliphatic carbocycles. The molecule has 0 saturated carbocycles. The third-order valence-corrected chi connectivity index (χ3v) is 3.64. The number of carboxylic acid groups (broad SMARTS) is 1. The van der Waals surface area contributed by atoms with Gasteiger partial charge in [-0.1, -0.05) is 0 Å². The number of aliphatic hydroxyl groups is 1. The Morgan fingerprint density at radius 2 is 2.47 bits per heavy atom. The smallest absolute Gasteiger partial charge is 0.410 e. The largest absolute Gasteiger partial charge is 0.465 e. The molecule has 1 saturated heterocycles. The van der Waals surface area contributed by atoms with Crippen LogP contribution in [0.3, 0.4) is 0 Å². The number of aromatic nitrogens is 1. The van der Waals surface area contributed by atoms with Crippen molar-refractivity contribution in [3.05, 3.63) is 16.6 Å². The van der Waals surface area contributed by atoms with Gasteiger partial charge in [0, 0.05) is 11.6 Å². The second-order valence-electron chi connectivity index (χ2n) is 4.29. The van der Waals surface area contributed by atoms with Gasteiger partial charge in [-0.15, -0.1) is 11.3 Å². The molecule has 1 fully saturated rings. The molecule has 17 heavy (non-hydrogen) atoms. The van der Waals surface area contributed by atoms with Crippen molar-refractivity contribution in [2.24, 2.45) is 0 Å². The maximum Gasteiger partial charge on any atom is 0.410 e. The van der Waals surface area contributed by atoms with Gasteiger partial charge in [-0.3, -0.25) is 4.90 Å². The van der Waals surface area contributed by atoms with Crippen LogP contribution in [0.2, 0.25) is 0 Å². The van der Waals surface area contributed by atoms with Gasteiger partial charge in [0.2, 0.25) is 0 Å². The lowest BCUT2D eigenvalue weighted by Crippen LogP contribution is -2.49. The highest BCUT2D eigenvalue weighted by Gasteiger charge is 2.47. The molecule has 94 valence electrons. The second-order valence-corrected chi connectivity index (χ2v) is 5.22. The van der Waals surface area contributed by atoms with Gasteiger partial charge in [-0.05, 0) is 13.8 Å². The number of thiazole rings is 1. The van der Waals surface area contributed by atoms with Crippen molar-refractivity contribution in [3.63, 3.8) is 0 Å². The fourth-order valence-corrected chi connectivity index (χ4v) is 2.66. The summed E-state index contributed by atoms with van der Waals surface area (Å²) in [6.07, 6.45) is -0.476. The maximum absolute atomic E-state index is 11.2. The normalized spacial score (nSPS) is 24.9. The summed E-state index contributed by atoms with van der Waals surface area (Å²) in [6, 6.07) is -0.617. The first-order valence-electron chi connectivity index (χ1n) is 5.17. The third-order valence-electron chi connectivity index (χ3n) is 2.79. The van der Waals surface area contributed by atoms with E-state index in [-0.39, 0.29) is 6.61 Å². The van der Waals surface area contributed by atoms with Crippen molar-refractivity contribution >= 4 is 17.4 Å². The molecule has 0 bridgehead atoms. The zero-order valence-electron chi connectivity index (χ0n) is 9.53. The van der Waals surface area contributed by atoms with E-state index in [1.807, 2.05) is 0 Å². The Kier molecular flexibility index (Phi) is 3.07. The lowest BCUT2D eigenvalue weighted by molar-refractivity contribution is -0.0466. The topological polar surface area (TPSA) is 82.9 Å². The minimum Gasteiger partial charge on any atom is -0.465 e. The fourth-order valence-electron chi connectivity index (χ4n) is 1.98. The molecule has 2 rings (SSSR count). The number of aliphatic hydroxyl groups excluding tert-OH is 1. The molecule has 1 aromatic rings. The van der Waals surface area contributed by atoms with E-state index in [2.05, 4.69) is 4.98 Å². The average Bonchev–Trinajstić information content (AvgIpc) is 2.83. The van der Waals surface area contributed by atoms with Crippen molar-refractivity contribution in [2.75, 3.05) is 6.61 Å². The van der Waals surface area contributed by atoms with Gasteiger partial charge in [-0.25, -0.2) is 9.78 Å². The van der Waals surface area contributed by atoms with Crippen molar-refractivity contribution in [1.82, 2.24) is 9.88 Å². The van der Waals surface area contributed by atoms with Crippen LogP contribution in [-0.4, -0.2) is 44.6 Å². The van der Waals surface area contributed by atoms with Crippen molar-refractivity contribution in [3.8, 4) is 0 Å². The summed E-state index contributed by atoms with van der Waals surface area (Å²) in [5.41, 5.74) is -0.922. The number of ether oxygens (including phenoxy) is 1. The molecule has 1 aliphatic heterocycles. The minimum absolute atomic E-state index is 0.167. The van der Waals surface area contributed by atoms with Crippen LogP contribution in [0.1, 0.15) is 25.0 Å². The van der Waals surface area contributed by atoms with Gasteiger partial charge in [0.1, 0.15) is 16.8 Å². The average molecular weight is 258 g/mol. The van der Waals surface area contributed by atoms with Crippen molar-refractivity contribution < 1.29 is 19.7 Å². The SMILES string of the molecule is CC1(C)OCC(C(O)c2nccs2)N1C(=O)O. The van der Waals surface area contributed by atoms with Crippen LogP contribution < -0.4 is 0 Å². The van der Waals surface area contributed by atoms with Crippen LogP contribution in [0, 0.1) is 0 Å². The van der Waals surface area contributed by atoms with Gasteiger partial charge < -0.3 is 14.9 Å². The highest BCUT2D eigenvalue weighted by molar-refractivity contribution is 7.09. The van der Waals surface area contributed by atoms with E-state index in [0.29, 0.717) is 5.01 Å². The molecule has 2 heterocycles. The number of hydrogen-bond donors (Lipinski definition) is 2. The second kappa shape index (κ2) is 4.25. The molecule has 0 radical (unpaired) electrons. The number of amides is 1. The van der Waals surface area contributed by atoms with E-state index in [1.54, 1.807) is 25.4 Å². The van der Waals surface area contributed by atoms with E-state index in [0.717, 1.165) is 4.90 Å². The zero-order valence-corrected chi connectivity index (χ0v) is 10.3. The summed E-state index contributed by atoms with van der Waals surface area (Å²) in [4.78, 5) is 16.4. The lowest BCUT2D eigenvalue weighted by atomic mass is 10.1. The summed E-state index contributed by atoms with van der Waals surface area (Å²) < 4.78 is 5.41. The molecule has 1 aromatic heterocycles. The summed E-state index contributed by atoms with van der Waals surface area (Å²) in [5.74, 6) is 0. The Labute approximate surface area is 102 Å². The molecule has 0 aromatic carbocycles. The Balaban J connectivity index is 2.24. The quantitative estimate of drug-likeness (QED) is 0.835. The van der Waals surface area contributed by atoms with Gasteiger partial charge in [0.15, 0.2) is 0 Å². The number of nitrogens with zero attached hydrogens (tertiary/aromatic N) is 2.